The minimum atomic E-state index is -4.72. The van der Waals surface area contributed by atoms with Gasteiger partial charge in [-0.05, 0) is 47.5 Å². The van der Waals surface area contributed by atoms with E-state index in [1.807, 2.05) is 18.2 Å². The van der Waals surface area contributed by atoms with E-state index in [9.17, 15) is 22.4 Å². The molecule has 0 saturated heterocycles. The summed E-state index contributed by atoms with van der Waals surface area (Å²) < 4.78 is 57.5. The predicted molar refractivity (Wildman–Crippen MR) is 135 cm³/mol. The lowest BCUT2D eigenvalue weighted by Crippen LogP contribution is -2.50. The molecule has 0 aliphatic carbocycles. The highest BCUT2D eigenvalue weighted by Gasteiger charge is 2.44. The van der Waals surface area contributed by atoms with Crippen molar-refractivity contribution in [3.63, 3.8) is 0 Å². The summed E-state index contributed by atoms with van der Waals surface area (Å²) in [5.41, 5.74) is 0.307. The van der Waals surface area contributed by atoms with Crippen LogP contribution in [0.5, 0.6) is 5.75 Å². The Bertz CT molecular complexity index is 1360. The van der Waals surface area contributed by atoms with Gasteiger partial charge in [0.25, 0.3) is 0 Å². The largest absolute Gasteiger partial charge is 0.461 e. The average Bonchev–Trinajstić information content (AvgIpc) is 2.89. The lowest BCUT2D eigenvalue weighted by atomic mass is 9.80. The number of hydrogen-bond acceptors (Lipinski definition) is 4. The molecule has 6 nitrogen and oxygen atoms in total. The molecule has 1 unspecified atom stereocenters. The van der Waals surface area contributed by atoms with Crippen molar-refractivity contribution in [2.75, 3.05) is 5.32 Å². The van der Waals surface area contributed by atoms with E-state index in [0.717, 1.165) is 11.6 Å². The minimum Gasteiger partial charge on any atom is -0.428 e. The third-order valence-corrected chi connectivity index (χ3v) is 5.80. The Kier molecular flexibility index (Phi) is 8.11. The molecule has 2 aromatic heterocycles. The second kappa shape index (κ2) is 11.5. The molecular formula is C27H21ClF4N4O2. The molecule has 1 atom stereocenters. The van der Waals surface area contributed by atoms with Crippen LogP contribution in [0.15, 0.2) is 97.5 Å². The molecule has 2 aromatic carbocycles. The Labute approximate surface area is 220 Å². The molecule has 2 amide bonds. The Hall–Kier alpha value is -4.18. The summed E-state index contributed by atoms with van der Waals surface area (Å²) in [6, 6.07) is 19.9. The number of hydrogen-bond donors (Lipinski definition) is 2. The van der Waals surface area contributed by atoms with Crippen LogP contribution in [0.25, 0.3) is 0 Å². The maximum absolute atomic E-state index is 13.7. The van der Waals surface area contributed by atoms with Crippen LogP contribution in [0.3, 0.4) is 0 Å². The topological polar surface area (TPSA) is 76.1 Å². The van der Waals surface area contributed by atoms with Crippen molar-refractivity contribution in [2.45, 2.75) is 24.5 Å². The zero-order valence-electron chi connectivity index (χ0n) is 19.6. The van der Waals surface area contributed by atoms with Crippen molar-refractivity contribution in [3.05, 3.63) is 119 Å². The van der Waals surface area contributed by atoms with E-state index < -0.39 is 29.9 Å². The molecular weight excluding hydrogens is 524 g/mol. The van der Waals surface area contributed by atoms with Crippen LogP contribution >= 0.6 is 11.6 Å². The number of carbonyl (C=O) groups is 1. The third kappa shape index (κ3) is 6.38. The summed E-state index contributed by atoms with van der Waals surface area (Å²) in [7, 11) is 0. The summed E-state index contributed by atoms with van der Waals surface area (Å²) in [6.45, 7) is 0. The van der Waals surface area contributed by atoms with Crippen LogP contribution < -0.4 is 15.4 Å². The van der Waals surface area contributed by atoms with Gasteiger partial charge in [-0.15, -0.1) is 0 Å². The Morgan fingerprint density at radius 2 is 1.71 bits per heavy atom. The fourth-order valence-corrected chi connectivity index (χ4v) is 3.98. The maximum atomic E-state index is 13.7. The summed E-state index contributed by atoms with van der Waals surface area (Å²) in [5.74, 6) is -0.518. The molecule has 0 aliphatic rings. The highest BCUT2D eigenvalue weighted by atomic mass is 35.5. The number of halogens is 5. The van der Waals surface area contributed by atoms with Crippen molar-refractivity contribution < 1.29 is 27.1 Å². The van der Waals surface area contributed by atoms with Gasteiger partial charge in [-0.25, -0.2) is 4.79 Å². The molecule has 38 heavy (non-hydrogen) atoms. The van der Waals surface area contributed by atoms with Gasteiger partial charge >= 0.3 is 18.6 Å². The van der Waals surface area contributed by atoms with Gasteiger partial charge in [-0.1, -0.05) is 54.1 Å². The number of benzene rings is 2. The van der Waals surface area contributed by atoms with E-state index >= 15 is 0 Å². The Morgan fingerprint density at radius 3 is 2.37 bits per heavy atom. The highest BCUT2D eigenvalue weighted by Crippen LogP contribution is 2.36. The number of ether oxygens (including phenoxy) is 1. The number of nitrogens with zero attached hydrogens (tertiary/aromatic N) is 2. The zero-order chi connectivity index (χ0) is 27.2. The summed E-state index contributed by atoms with van der Waals surface area (Å²) >= 11 is 6.07. The van der Waals surface area contributed by atoms with Crippen LogP contribution in [0.2, 0.25) is 5.02 Å². The molecule has 196 valence electrons. The number of nitrogens with one attached hydrogen (secondary N) is 2. The van der Waals surface area contributed by atoms with Crippen LogP contribution in [0.1, 0.15) is 16.8 Å². The van der Waals surface area contributed by atoms with Crippen LogP contribution in [0.4, 0.5) is 28.0 Å². The summed E-state index contributed by atoms with van der Waals surface area (Å²) in [6.07, 6.45) is -4.27. The first-order valence-electron chi connectivity index (χ1n) is 11.3. The van der Waals surface area contributed by atoms with Crippen molar-refractivity contribution >= 4 is 23.3 Å². The first kappa shape index (κ1) is 26.9. The van der Waals surface area contributed by atoms with Gasteiger partial charge in [-0.2, -0.15) is 17.6 Å². The molecule has 0 bridgehead atoms. The molecule has 0 fully saturated rings. The first-order valence-corrected chi connectivity index (χ1v) is 11.7. The van der Waals surface area contributed by atoms with Gasteiger partial charge in [0.15, 0.2) is 0 Å². The highest BCUT2D eigenvalue weighted by molar-refractivity contribution is 6.30. The fourth-order valence-electron chi connectivity index (χ4n) is 3.87. The summed E-state index contributed by atoms with van der Waals surface area (Å²) in [4.78, 5) is 21.6. The van der Waals surface area contributed by atoms with Gasteiger partial charge in [-0.3, -0.25) is 9.97 Å². The Balaban J connectivity index is 1.84. The van der Waals surface area contributed by atoms with E-state index in [2.05, 4.69) is 25.3 Å². The van der Waals surface area contributed by atoms with Gasteiger partial charge in [0, 0.05) is 30.7 Å². The monoisotopic (exact) mass is 544 g/mol. The molecule has 0 spiro atoms. The fraction of sp³-hybridized carbons (Fsp3) is 0.148. The first-order chi connectivity index (χ1) is 18.2. The van der Waals surface area contributed by atoms with Crippen LogP contribution in [0, 0.1) is 0 Å². The predicted octanol–water partition coefficient (Wildman–Crippen LogP) is 6.67. The number of rotatable bonds is 9. The molecule has 2 N–H and O–H groups in total. The minimum absolute atomic E-state index is 0.112. The molecule has 11 heteroatoms. The number of alkyl halides is 4. The van der Waals surface area contributed by atoms with Gasteiger partial charge in [0.05, 0.1) is 10.7 Å². The SMILES string of the molecule is O=C(Nc1ccncc1)NC(Cc1ccccc1)(c1cccc(OC(F)(F)C(F)F)c1)c1ccc(Cl)cn1. The smallest absolute Gasteiger partial charge is 0.428 e. The quantitative estimate of drug-likeness (QED) is 0.231. The van der Waals surface area contributed by atoms with E-state index in [0.29, 0.717) is 16.4 Å². The lowest BCUT2D eigenvalue weighted by Gasteiger charge is -2.35. The molecule has 0 aliphatic heterocycles. The number of carbonyl (C=O) groups excluding carboxylic acids is 1. The van der Waals surface area contributed by atoms with Gasteiger partial charge in [0.2, 0.25) is 0 Å². The van der Waals surface area contributed by atoms with Crippen molar-refractivity contribution in [2.24, 2.45) is 0 Å². The molecule has 0 radical (unpaired) electrons. The van der Waals surface area contributed by atoms with E-state index in [-0.39, 0.29) is 12.0 Å². The van der Waals surface area contributed by atoms with Crippen LogP contribution in [-0.2, 0) is 12.0 Å². The average molecular weight is 545 g/mol. The normalized spacial score (nSPS) is 13.0. The van der Waals surface area contributed by atoms with Crippen LogP contribution in [-0.4, -0.2) is 28.5 Å². The standard InChI is InChI=1S/C27H21ClF4N4O2/c28-20-9-10-23(34-17-20)26(16-18-5-2-1-3-6-18,36-25(37)35-21-11-13-33-14-12-21)19-7-4-8-22(15-19)38-27(31,32)24(29)30/h1-15,17,24H,16H2,(H2,33,35,36,37). The molecule has 4 aromatic rings. The zero-order valence-corrected chi connectivity index (χ0v) is 20.4. The second-order valence-corrected chi connectivity index (χ2v) is 8.67. The molecule has 2 heterocycles. The molecule has 4 rings (SSSR count). The number of anilines is 1. The van der Waals surface area contributed by atoms with E-state index in [1.165, 1.54) is 30.7 Å². The van der Waals surface area contributed by atoms with Crippen molar-refractivity contribution in [3.8, 4) is 5.75 Å². The van der Waals surface area contributed by atoms with Crippen molar-refractivity contribution in [1.82, 2.24) is 15.3 Å². The van der Waals surface area contributed by atoms with E-state index in [1.54, 1.807) is 42.5 Å². The second-order valence-electron chi connectivity index (χ2n) is 8.24. The maximum Gasteiger partial charge on any atom is 0.461 e. The lowest BCUT2D eigenvalue weighted by molar-refractivity contribution is -0.253. The number of amides is 2. The number of urea groups is 1. The third-order valence-electron chi connectivity index (χ3n) is 5.58. The van der Waals surface area contributed by atoms with Crippen molar-refractivity contribution in [1.29, 1.82) is 0 Å². The molecule has 0 saturated carbocycles. The number of pyridine rings is 2. The van der Waals surface area contributed by atoms with Gasteiger partial charge < -0.3 is 15.4 Å². The van der Waals surface area contributed by atoms with Gasteiger partial charge in [0.1, 0.15) is 11.3 Å². The summed E-state index contributed by atoms with van der Waals surface area (Å²) in [5, 5.41) is 5.96. The van der Waals surface area contributed by atoms with E-state index in [4.69, 9.17) is 11.6 Å². The Morgan fingerprint density at radius 1 is 0.974 bits per heavy atom. The number of aromatic nitrogens is 2.